The third kappa shape index (κ3) is 4.44. The van der Waals surface area contributed by atoms with Gasteiger partial charge in [0.05, 0.1) is 24.9 Å². The normalized spacial score (nSPS) is 20.6. The Kier molecular flexibility index (Phi) is 6.12. The van der Waals surface area contributed by atoms with Crippen LogP contribution in [0.3, 0.4) is 0 Å². The molecule has 2 aliphatic rings. The number of piperidine rings is 1. The van der Waals surface area contributed by atoms with Gasteiger partial charge in [0.1, 0.15) is 17.4 Å². The van der Waals surface area contributed by atoms with E-state index in [-0.39, 0.29) is 31.1 Å². The lowest BCUT2D eigenvalue weighted by molar-refractivity contribution is -0.152. The SMILES string of the molecule is COc1cc(C(=O)N2C[C@H](N)C[C@@H](F)C2)cc2nc(-c3cc4cc(C(F)(F)F)oc4n3CC3CCC3)n(C)c12. The predicted molar refractivity (Wildman–Crippen MR) is 136 cm³/mol. The van der Waals surface area contributed by atoms with Crippen molar-refractivity contribution >= 4 is 28.0 Å². The van der Waals surface area contributed by atoms with Crippen molar-refractivity contribution in [2.45, 2.75) is 50.6 Å². The first-order valence-corrected chi connectivity index (χ1v) is 13.0. The number of halogens is 4. The number of imidazole rings is 1. The number of hydrogen-bond donors (Lipinski definition) is 1. The van der Waals surface area contributed by atoms with Gasteiger partial charge in [0.2, 0.25) is 11.5 Å². The molecule has 208 valence electrons. The molecule has 12 heteroatoms. The van der Waals surface area contributed by atoms with Crippen LogP contribution in [-0.4, -0.2) is 57.3 Å². The number of carbonyl (C=O) groups is 1. The zero-order valence-electron chi connectivity index (χ0n) is 21.6. The van der Waals surface area contributed by atoms with E-state index in [1.807, 2.05) is 0 Å². The molecule has 0 radical (unpaired) electrons. The van der Waals surface area contributed by atoms with Crippen LogP contribution >= 0.6 is 0 Å². The molecule has 4 aromatic rings. The van der Waals surface area contributed by atoms with E-state index in [1.54, 1.807) is 34.4 Å². The molecule has 39 heavy (non-hydrogen) atoms. The molecule has 1 aliphatic heterocycles. The fourth-order valence-corrected chi connectivity index (χ4v) is 5.73. The number of aryl methyl sites for hydroxylation is 1. The summed E-state index contributed by atoms with van der Waals surface area (Å²) in [5.41, 5.74) is 8.08. The van der Waals surface area contributed by atoms with Gasteiger partial charge in [-0.1, -0.05) is 6.42 Å². The fraction of sp³-hybridized carbons (Fsp3) is 0.481. The van der Waals surface area contributed by atoms with E-state index in [4.69, 9.17) is 19.9 Å². The van der Waals surface area contributed by atoms with Gasteiger partial charge in [-0.05, 0) is 49.4 Å². The van der Waals surface area contributed by atoms with E-state index >= 15 is 0 Å². The Balaban J connectivity index is 1.45. The number of likely N-dealkylation sites (tertiary alicyclic amines) is 1. The van der Waals surface area contributed by atoms with Gasteiger partial charge < -0.3 is 28.9 Å². The predicted octanol–water partition coefficient (Wildman–Crippen LogP) is 5.13. The molecular formula is C27H29F4N5O3. The molecule has 1 amide bonds. The fourth-order valence-electron chi connectivity index (χ4n) is 5.73. The van der Waals surface area contributed by atoms with E-state index in [0.717, 1.165) is 25.3 Å². The van der Waals surface area contributed by atoms with E-state index in [0.29, 0.717) is 51.7 Å². The smallest absolute Gasteiger partial charge is 0.449 e. The Morgan fingerprint density at radius 1 is 1.21 bits per heavy atom. The zero-order chi connectivity index (χ0) is 27.6. The topological polar surface area (TPSA) is 91.5 Å². The van der Waals surface area contributed by atoms with Crippen LogP contribution in [0.25, 0.3) is 33.7 Å². The minimum atomic E-state index is -4.59. The second kappa shape index (κ2) is 9.29. The van der Waals surface area contributed by atoms with Crippen LogP contribution in [0.15, 0.2) is 28.7 Å². The van der Waals surface area contributed by atoms with Crippen LogP contribution in [0.2, 0.25) is 0 Å². The van der Waals surface area contributed by atoms with E-state index in [2.05, 4.69) is 0 Å². The highest BCUT2D eigenvalue weighted by molar-refractivity contribution is 6.00. The lowest BCUT2D eigenvalue weighted by Gasteiger charge is -2.33. The second-order valence-electron chi connectivity index (χ2n) is 10.6. The van der Waals surface area contributed by atoms with Gasteiger partial charge in [-0.3, -0.25) is 4.79 Å². The van der Waals surface area contributed by atoms with Crippen molar-refractivity contribution in [1.82, 2.24) is 19.0 Å². The summed E-state index contributed by atoms with van der Waals surface area (Å²) in [7, 11) is 3.27. The van der Waals surface area contributed by atoms with Crippen LogP contribution in [0.5, 0.6) is 5.75 Å². The maximum atomic E-state index is 14.1. The molecule has 2 atom stereocenters. The van der Waals surface area contributed by atoms with Crippen LogP contribution in [0, 0.1) is 5.92 Å². The maximum absolute atomic E-state index is 14.1. The third-order valence-electron chi connectivity index (χ3n) is 7.86. The zero-order valence-corrected chi connectivity index (χ0v) is 21.6. The molecule has 3 aromatic heterocycles. The summed E-state index contributed by atoms with van der Waals surface area (Å²) in [6.07, 6.45) is -2.49. The number of carbonyl (C=O) groups excluding carboxylic acids is 1. The Labute approximate surface area is 221 Å². The maximum Gasteiger partial charge on any atom is 0.449 e. The summed E-state index contributed by atoms with van der Waals surface area (Å²) in [5.74, 6) is -0.177. The molecule has 4 heterocycles. The summed E-state index contributed by atoms with van der Waals surface area (Å²) >= 11 is 0. The molecule has 6 rings (SSSR count). The number of methoxy groups -OCH3 is 1. The Morgan fingerprint density at radius 3 is 2.62 bits per heavy atom. The first kappa shape index (κ1) is 25.7. The number of ether oxygens (including phenoxy) is 1. The number of aromatic nitrogens is 3. The van der Waals surface area contributed by atoms with Gasteiger partial charge in [0, 0.05) is 37.1 Å². The van der Waals surface area contributed by atoms with Crippen molar-refractivity contribution in [2.24, 2.45) is 18.7 Å². The number of nitrogens with zero attached hydrogens (tertiary/aromatic N) is 4. The monoisotopic (exact) mass is 547 g/mol. The standard InChI is InChI=1S/C27H29F4N5O3/c1-34-23-19(6-15(8-21(23)38-2)25(37)35-12-17(28)10-18(32)13-35)33-24(34)20-7-16-9-22(27(29,30)31)39-26(16)36(20)11-14-4-3-5-14/h6-9,14,17-18H,3-5,10-13,32H2,1-2H3/t17-,18-/m1/s1. The van der Waals surface area contributed by atoms with Crippen molar-refractivity contribution in [3.05, 3.63) is 35.6 Å². The highest BCUT2D eigenvalue weighted by Crippen LogP contribution is 2.40. The molecule has 1 aliphatic carbocycles. The summed E-state index contributed by atoms with van der Waals surface area (Å²) in [6, 6.07) is 5.45. The quantitative estimate of drug-likeness (QED) is 0.350. The Morgan fingerprint density at radius 2 is 1.97 bits per heavy atom. The van der Waals surface area contributed by atoms with Gasteiger partial charge in [0.25, 0.3) is 5.91 Å². The molecule has 0 bridgehead atoms. The first-order valence-electron chi connectivity index (χ1n) is 13.0. The number of hydrogen-bond acceptors (Lipinski definition) is 5. The molecule has 0 spiro atoms. The molecule has 1 aromatic carbocycles. The second-order valence-corrected chi connectivity index (χ2v) is 10.6. The molecule has 2 fully saturated rings. The van der Waals surface area contributed by atoms with Crippen molar-refractivity contribution < 1.29 is 31.5 Å². The highest BCUT2D eigenvalue weighted by atomic mass is 19.4. The first-order chi connectivity index (χ1) is 18.5. The largest absolute Gasteiger partial charge is 0.494 e. The highest BCUT2D eigenvalue weighted by Gasteiger charge is 2.37. The number of benzene rings is 1. The average Bonchev–Trinajstić information content (AvgIpc) is 3.51. The molecule has 1 saturated carbocycles. The lowest BCUT2D eigenvalue weighted by Crippen LogP contribution is -2.50. The molecule has 2 N–H and O–H groups in total. The number of amides is 1. The number of alkyl halides is 4. The van der Waals surface area contributed by atoms with Crippen LogP contribution < -0.4 is 10.5 Å². The van der Waals surface area contributed by atoms with Gasteiger partial charge in [-0.25, -0.2) is 9.37 Å². The Bertz CT molecular complexity index is 1560. The van der Waals surface area contributed by atoms with Crippen molar-refractivity contribution in [3.63, 3.8) is 0 Å². The minimum Gasteiger partial charge on any atom is -0.494 e. The number of rotatable bonds is 5. The third-order valence-corrected chi connectivity index (χ3v) is 7.86. The minimum absolute atomic E-state index is 0.0337. The van der Waals surface area contributed by atoms with E-state index in [1.165, 1.54) is 12.0 Å². The molecule has 1 saturated heterocycles. The van der Waals surface area contributed by atoms with E-state index < -0.39 is 24.2 Å². The number of fused-ring (bicyclic) bond motifs is 2. The molecular weight excluding hydrogens is 518 g/mol. The van der Waals surface area contributed by atoms with Gasteiger partial charge in [0.15, 0.2) is 5.82 Å². The van der Waals surface area contributed by atoms with Crippen molar-refractivity contribution in [1.29, 1.82) is 0 Å². The average molecular weight is 548 g/mol. The summed E-state index contributed by atoms with van der Waals surface area (Å²) < 4.78 is 68.7. The van der Waals surface area contributed by atoms with Crippen LogP contribution in [0.1, 0.15) is 41.8 Å². The molecule has 8 nitrogen and oxygen atoms in total. The number of nitrogens with two attached hydrogens (primary N) is 1. The Hall–Kier alpha value is -3.54. The number of furan rings is 1. The van der Waals surface area contributed by atoms with Gasteiger partial charge in [-0.15, -0.1) is 0 Å². The summed E-state index contributed by atoms with van der Waals surface area (Å²) in [4.78, 5) is 19.5. The van der Waals surface area contributed by atoms with Crippen molar-refractivity contribution in [3.8, 4) is 17.3 Å². The van der Waals surface area contributed by atoms with Gasteiger partial charge in [-0.2, -0.15) is 13.2 Å². The van der Waals surface area contributed by atoms with Crippen molar-refractivity contribution in [2.75, 3.05) is 20.2 Å². The summed E-state index contributed by atoms with van der Waals surface area (Å²) in [6.45, 7) is 0.724. The van der Waals surface area contributed by atoms with Gasteiger partial charge >= 0.3 is 6.18 Å². The van der Waals surface area contributed by atoms with E-state index in [9.17, 15) is 22.4 Å². The summed E-state index contributed by atoms with van der Waals surface area (Å²) in [5, 5.41) is 0.341. The lowest BCUT2D eigenvalue weighted by atomic mass is 9.85. The van der Waals surface area contributed by atoms with Crippen LogP contribution in [-0.2, 0) is 19.8 Å². The molecule has 0 unspecified atom stereocenters. The van der Waals surface area contributed by atoms with Crippen LogP contribution in [0.4, 0.5) is 17.6 Å².